The summed E-state index contributed by atoms with van der Waals surface area (Å²) in [7, 11) is 0. The average molecular weight is 472 g/mol. The van der Waals surface area contributed by atoms with Gasteiger partial charge < -0.3 is 34.7 Å². The van der Waals surface area contributed by atoms with E-state index in [2.05, 4.69) is 13.8 Å². The third kappa shape index (κ3) is 26.3. The second kappa shape index (κ2) is 24.3. The summed E-state index contributed by atoms with van der Waals surface area (Å²) in [6.07, 6.45) is 11.7. The third-order valence-electron chi connectivity index (χ3n) is 3.65. The Labute approximate surface area is 190 Å². The molecule has 2 atom stereocenters. The van der Waals surface area contributed by atoms with Crippen LogP contribution in [0.4, 0.5) is 0 Å². The van der Waals surface area contributed by atoms with E-state index in [1.807, 2.05) is 0 Å². The van der Waals surface area contributed by atoms with Crippen molar-refractivity contribution in [2.75, 3.05) is 13.2 Å². The van der Waals surface area contributed by atoms with Crippen LogP contribution in [0.3, 0.4) is 0 Å². The molecule has 0 bridgehead atoms. The van der Waals surface area contributed by atoms with E-state index >= 15 is 0 Å². The first-order valence-electron chi connectivity index (χ1n) is 10.0. The summed E-state index contributed by atoms with van der Waals surface area (Å²) in [6, 6.07) is 0. The van der Waals surface area contributed by atoms with Crippen molar-refractivity contribution in [1.29, 1.82) is 0 Å². The summed E-state index contributed by atoms with van der Waals surface area (Å²) in [6.45, 7) is 8.77. The van der Waals surface area contributed by atoms with Crippen LogP contribution in [0.15, 0.2) is 0 Å². The summed E-state index contributed by atoms with van der Waals surface area (Å²) < 4.78 is 9.88. The maximum atomic E-state index is 10.9. The molecule has 0 saturated heterocycles. The predicted molar refractivity (Wildman–Crippen MR) is 113 cm³/mol. The first kappa shape index (κ1) is 31.9. The zero-order chi connectivity index (χ0) is 20.2. The molecule has 0 saturated carbocycles. The van der Waals surface area contributed by atoms with Gasteiger partial charge in [0.2, 0.25) is 0 Å². The van der Waals surface area contributed by atoms with Gasteiger partial charge in [0.1, 0.15) is 0 Å². The standard InChI is InChI=1S/2C10H20O2S.Zn/c2*1-3-4-5-6-7-8-12-10(11)9(2)13;/h2*9,13H,3-8H2,1-2H3;/q;;+2/p-2. The molecule has 0 aromatic rings. The Morgan fingerprint density at radius 2 is 0.963 bits per heavy atom. The Balaban J connectivity index is -0.000000411. The van der Waals surface area contributed by atoms with E-state index in [1.165, 1.54) is 38.5 Å². The van der Waals surface area contributed by atoms with Crippen molar-refractivity contribution in [1.82, 2.24) is 0 Å². The van der Waals surface area contributed by atoms with Gasteiger partial charge in [0.15, 0.2) is 0 Å². The summed E-state index contributed by atoms with van der Waals surface area (Å²) in [4.78, 5) is 21.8. The van der Waals surface area contributed by atoms with Crippen LogP contribution in [0.5, 0.6) is 0 Å². The topological polar surface area (TPSA) is 52.6 Å². The fourth-order valence-electron chi connectivity index (χ4n) is 1.99. The molecule has 0 aromatic heterocycles. The summed E-state index contributed by atoms with van der Waals surface area (Å²) in [5.74, 6) is -0.518. The molecule has 4 nitrogen and oxygen atoms in total. The fraction of sp³-hybridized carbons (Fsp3) is 0.900. The molecule has 0 radical (unpaired) electrons. The van der Waals surface area contributed by atoms with E-state index in [4.69, 9.17) is 34.7 Å². The number of hydrogen-bond donors (Lipinski definition) is 0. The average Bonchev–Trinajstić information content (AvgIpc) is 2.60. The van der Waals surface area contributed by atoms with Gasteiger partial charge in [-0.05, 0) is 12.8 Å². The number of rotatable bonds is 14. The second-order valence-corrected chi connectivity index (χ2v) is 7.86. The fourth-order valence-corrected chi connectivity index (χ4v) is 2.13. The molecule has 0 spiro atoms. The summed E-state index contributed by atoms with van der Waals surface area (Å²) >= 11 is 9.49. The summed E-state index contributed by atoms with van der Waals surface area (Å²) in [5, 5.41) is -0.814. The Hall–Kier alpha value is 0.263. The van der Waals surface area contributed by atoms with E-state index in [9.17, 15) is 9.59 Å². The van der Waals surface area contributed by atoms with E-state index < -0.39 is 10.5 Å². The van der Waals surface area contributed by atoms with Crippen LogP contribution in [0.25, 0.3) is 0 Å². The number of ether oxygens (including phenoxy) is 2. The van der Waals surface area contributed by atoms with Crippen LogP contribution in [0.2, 0.25) is 0 Å². The molecule has 0 fully saturated rings. The summed E-state index contributed by atoms with van der Waals surface area (Å²) in [5.41, 5.74) is 0. The molecule has 0 rings (SSSR count). The Morgan fingerprint density at radius 3 is 1.22 bits per heavy atom. The van der Waals surface area contributed by atoms with Crippen molar-refractivity contribution in [2.45, 2.75) is 102 Å². The molecule has 27 heavy (non-hydrogen) atoms. The van der Waals surface area contributed by atoms with Crippen LogP contribution in [-0.2, 0) is 63.8 Å². The maximum absolute atomic E-state index is 10.9. The van der Waals surface area contributed by atoms with E-state index in [1.54, 1.807) is 13.8 Å². The van der Waals surface area contributed by atoms with Gasteiger partial charge in [-0.1, -0.05) is 89.6 Å². The van der Waals surface area contributed by atoms with Crippen LogP contribution < -0.4 is 0 Å². The molecular weight excluding hydrogens is 434 g/mol. The first-order valence-corrected chi connectivity index (χ1v) is 11.0. The molecule has 2 unspecified atom stereocenters. The minimum atomic E-state index is -0.407. The van der Waals surface area contributed by atoms with Crippen molar-refractivity contribution in [3.05, 3.63) is 0 Å². The van der Waals surface area contributed by atoms with Crippen molar-refractivity contribution in [3.63, 3.8) is 0 Å². The maximum Gasteiger partial charge on any atom is 2.00 e. The molecule has 0 aliphatic rings. The van der Waals surface area contributed by atoms with Crippen LogP contribution in [0, 0.1) is 0 Å². The molecule has 0 heterocycles. The molecule has 0 aliphatic heterocycles. The second-order valence-electron chi connectivity index (χ2n) is 6.45. The van der Waals surface area contributed by atoms with Crippen LogP contribution in [0.1, 0.15) is 91.9 Å². The molecule has 156 valence electrons. The third-order valence-corrected chi connectivity index (χ3v) is 4.03. The monoisotopic (exact) mass is 470 g/mol. The normalized spacial score (nSPS) is 12.1. The number of carbonyl (C=O) groups is 2. The van der Waals surface area contributed by atoms with Crippen molar-refractivity contribution in [2.24, 2.45) is 0 Å². The van der Waals surface area contributed by atoms with E-state index in [-0.39, 0.29) is 31.4 Å². The van der Waals surface area contributed by atoms with Gasteiger partial charge >= 0.3 is 19.5 Å². The smallest absolute Gasteiger partial charge is 0.778 e. The van der Waals surface area contributed by atoms with Gasteiger partial charge in [-0.2, -0.15) is 0 Å². The number of esters is 2. The Morgan fingerprint density at radius 1 is 0.667 bits per heavy atom. The van der Waals surface area contributed by atoms with E-state index in [0.717, 1.165) is 25.7 Å². The SMILES string of the molecule is CCCCCCCOC(=O)C(C)[S-].CCCCCCCOC(=O)C(C)[S-].[Zn+2]. The Kier molecular flexibility index (Phi) is 28.8. The minimum Gasteiger partial charge on any atom is -0.778 e. The van der Waals surface area contributed by atoms with Gasteiger partial charge in [-0.15, -0.1) is 0 Å². The van der Waals surface area contributed by atoms with Crippen molar-refractivity contribution >= 4 is 37.2 Å². The zero-order valence-corrected chi connectivity index (χ0v) is 22.4. The largest absolute Gasteiger partial charge is 2.00 e. The van der Waals surface area contributed by atoms with Crippen LogP contribution >= 0.6 is 0 Å². The van der Waals surface area contributed by atoms with Gasteiger partial charge in [0.05, 0.1) is 13.2 Å². The number of carbonyl (C=O) groups excluding carboxylic acids is 2. The quantitative estimate of drug-likeness (QED) is 0.156. The Bertz CT molecular complexity index is 308. The molecule has 0 N–H and O–H groups in total. The first-order chi connectivity index (χ1) is 12.4. The van der Waals surface area contributed by atoms with Gasteiger partial charge in [-0.25, -0.2) is 0 Å². The molecule has 0 aromatic carbocycles. The predicted octanol–water partition coefficient (Wildman–Crippen LogP) is 4.87. The molecule has 7 heteroatoms. The van der Waals surface area contributed by atoms with Gasteiger partial charge in [-0.3, -0.25) is 9.59 Å². The van der Waals surface area contributed by atoms with Gasteiger partial charge in [0.25, 0.3) is 11.9 Å². The molecule has 0 aliphatic carbocycles. The van der Waals surface area contributed by atoms with Crippen molar-refractivity contribution < 1.29 is 38.5 Å². The number of hydrogen-bond acceptors (Lipinski definition) is 6. The van der Waals surface area contributed by atoms with Gasteiger partial charge in [0, 0.05) is 0 Å². The van der Waals surface area contributed by atoms with Crippen LogP contribution in [-0.4, -0.2) is 35.7 Å². The zero-order valence-electron chi connectivity index (χ0n) is 17.8. The number of unbranched alkanes of at least 4 members (excludes halogenated alkanes) is 8. The molecule has 0 amide bonds. The minimum absolute atomic E-state index is 0. The van der Waals surface area contributed by atoms with Crippen molar-refractivity contribution in [3.8, 4) is 0 Å². The molecular formula is C20H38O4S2Zn. The van der Waals surface area contributed by atoms with E-state index in [0.29, 0.717) is 13.2 Å².